The van der Waals surface area contributed by atoms with Crippen LogP contribution >= 0.6 is 0 Å². The topological polar surface area (TPSA) is 51.2 Å². The average molecular weight is 392 g/mol. The van der Waals surface area contributed by atoms with Gasteiger partial charge in [-0.15, -0.1) is 0 Å². The number of rotatable bonds is 6. The van der Waals surface area contributed by atoms with Crippen LogP contribution in [0.3, 0.4) is 0 Å². The summed E-state index contributed by atoms with van der Waals surface area (Å²) in [5.41, 5.74) is 2.31. The third-order valence-corrected chi connectivity index (χ3v) is 5.66. The fourth-order valence-electron chi connectivity index (χ4n) is 4.24. The average Bonchev–Trinajstić information content (AvgIpc) is 2.60. The van der Waals surface area contributed by atoms with Gasteiger partial charge >= 0.3 is 0 Å². The quantitative estimate of drug-likeness (QED) is 0.795. The number of hydrogen-bond donors (Lipinski definition) is 1. The van der Waals surface area contributed by atoms with Gasteiger partial charge in [0.15, 0.2) is 11.5 Å². The van der Waals surface area contributed by atoms with Crippen LogP contribution in [0.15, 0.2) is 12.1 Å². The number of methoxy groups -OCH3 is 1. The Bertz CT molecular complexity index is 667. The summed E-state index contributed by atoms with van der Waals surface area (Å²) in [5.74, 6) is 2.23. The lowest BCUT2D eigenvalue weighted by Crippen LogP contribution is -2.53. The maximum atomic E-state index is 10.7. The molecule has 0 aromatic heterocycles. The summed E-state index contributed by atoms with van der Waals surface area (Å²) < 4.78 is 17.8. The van der Waals surface area contributed by atoms with Gasteiger partial charge in [0.05, 0.1) is 31.5 Å². The molecule has 1 aromatic rings. The number of hydrogen-bond acceptors (Lipinski definition) is 5. The minimum Gasteiger partial charge on any atom is -0.493 e. The minimum atomic E-state index is -0.459. The predicted octanol–water partition coefficient (Wildman–Crippen LogP) is 3.97. The SMILES string of the molecule is COc1cc2c(cc1OCCC(C)C)CCN1C[C@@H](OC(C)(C)C)[C@H](O)C[C@H]21. The number of fused-ring (bicyclic) bond motifs is 3. The molecule has 1 N–H and O–H groups in total. The zero-order valence-corrected chi connectivity index (χ0v) is 18.3. The summed E-state index contributed by atoms with van der Waals surface area (Å²) in [5, 5.41) is 10.7. The molecule has 3 rings (SSSR count). The van der Waals surface area contributed by atoms with Gasteiger partial charge in [-0.2, -0.15) is 0 Å². The Balaban J connectivity index is 1.78. The normalized spacial score (nSPS) is 25.4. The zero-order valence-electron chi connectivity index (χ0n) is 18.3. The molecule has 28 heavy (non-hydrogen) atoms. The van der Waals surface area contributed by atoms with Crippen molar-refractivity contribution in [1.82, 2.24) is 4.90 Å². The molecule has 0 unspecified atom stereocenters. The number of piperidine rings is 1. The Kier molecular flexibility index (Phi) is 6.58. The number of aliphatic hydroxyl groups is 1. The summed E-state index contributed by atoms with van der Waals surface area (Å²) in [4.78, 5) is 2.45. The lowest BCUT2D eigenvalue weighted by atomic mass is 9.84. The van der Waals surface area contributed by atoms with Gasteiger partial charge in [0, 0.05) is 19.1 Å². The van der Waals surface area contributed by atoms with E-state index in [0.29, 0.717) is 18.9 Å². The molecule has 0 radical (unpaired) electrons. The van der Waals surface area contributed by atoms with Crippen molar-refractivity contribution in [2.75, 3.05) is 26.8 Å². The number of nitrogens with zero attached hydrogens (tertiary/aromatic N) is 1. The summed E-state index contributed by atoms with van der Waals surface area (Å²) in [6.45, 7) is 13.0. The molecule has 2 aliphatic heterocycles. The summed E-state index contributed by atoms with van der Waals surface area (Å²) in [7, 11) is 1.69. The van der Waals surface area contributed by atoms with Gasteiger partial charge in [0.1, 0.15) is 0 Å². The second-order valence-electron chi connectivity index (χ2n) is 9.57. The lowest BCUT2D eigenvalue weighted by molar-refractivity contribution is -0.149. The molecule has 0 bridgehead atoms. The van der Waals surface area contributed by atoms with E-state index in [0.717, 1.165) is 37.4 Å². The van der Waals surface area contributed by atoms with Crippen LogP contribution in [0.2, 0.25) is 0 Å². The molecular formula is C23H37NO4. The standard InChI is InChI=1S/C23H37NO4/c1-15(2)8-10-27-21-11-16-7-9-24-14-22(28-23(3,4)5)19(25)13-18(24)17(16)12-20(21)26-6/h11-12,15,18-19,22,25H,7-10,13-14H2,1-6H3/t18-,19-,22-/m1/s1. The molecule has 0 aliphatic carbocycles. The monoisotopic (exact) mass is 391 g/mol. The maximum absolute atomic E-state index is 10.7. The van der Waals surface area contributed by atoms with E-state index in [2.05, 4.69) is 30.9 Å². The van der Waals surface area contributed by atoms with Gasteiger partial charge in [-0.3, -0.25) is 4.90 Å². The molecule has 3 atom stereocenters. The van der Waals surface area contributed by atoms with Crippen molar-refractivity contribution in [3.05, 3.63) is 23.3 Å². The highest BCUT2D eigenvalue weighted by molar-refractivity contribution is 5.49. The molecular weight excluding hydrogens is 354 g/mol. The van der Waals surface area contributed by atoms with Crippen LogP contribution < -0.4 is 9.47 Å². The fourth-order valence-corrected chi connectivity index (χ4v) is 4.24. The summed E-state index contributed by atoms with van der Waals surface area (Å²) in [6, 6.07) is 4.47. The second kappa shape index (κ2) is 8.60. The van der Waals surface area contributed by atoms with Crippen molar-refractivity contribution in [3.63, 3.8) is 0 Å². The molecule has 1 aromatic carbocycles. The highest BCUT2D eigenvalue weighted by atomic mass is 16.5. The Morgan fingerprint density at radius 3 is 2.61 bits per heavy atom. The van der Waals surface area contributed by atoms with E-state index in [1.165, 1.54) is 11.1 Å². The zero-order chi connectivity index (χ0) is 20.5. The van der Waals surface area contributed by atoms with Crippen LogP contribution in [0.1, 0.15) is 64.6 Å². The van der Waals surface area contributed by atoms with Crippen molar-refractivity contribution in [1.29, 1.82) is 0 Å². The van der Waals surface area contributed by atoms with Gasteiger partial charge in [0.25, 0.3) is 0 Å². The molecule has 0 amide bonds. The van der Waals surface area contributed by atoms with Crippen LogP contribution in [-0.2, 0) is 11.2 Å². The third kappa shape index (κ3) is 5.00. The van der Waals surface area contributed by atoms with Crippen molar-refractivity contribution in [3.8, 4) is 11.5 Å². The molecule has 1 fully saturated rings. The van der Waals surface area contributed by atoms with Crippen LogP contribution in [0.5, 0.6) is 11.5 Å². The Hall–Kier alpha value is -1.30. The third-order valence-electron chi connectivity index (χ3n) is 5.66. The van der Waals surface area contributed by atoms with Gasteiger partial charge < -0.3 is 19.3 Å². The molecule has 5 heteroatoms. The molecule has 1 saturated heterocycles. The van der Waals surface area contributed by atoms with E-state index in [1.54, 1.807) is 7.11 Å². The Morgan fingerprint density at radius 1 is 1.21 bits per heavy atom. The van der Waals surface area contributed by atoms with E-state index < -0.39 is 6.10 Å². The maximum Gasteiger partial charge on any atom is 0.161 e. The van der Waals surface area contributed by atoms with Crippen molar-refractivity contribution >= 4 is 0 Å². The number of benzene rings is 1. The number of ether oxygens (including phenoxy) is 3. The smallest absolute Gasteiger partial charge is 0.161 e. The first-order chi connectivity index (χ1) is 13.2. The first kappa shape index (κ1) is 21.4. The number of aliphatic hydroxyl groups excluding tert-OH is 1. The Morgan fingerprint density at radius 2 is 1.96 bits per heavy atom. The van der Waals surface area contributed by atoms with Gasteiger partial charge in [-0.1, -0.05) is 13.8 Å². The molecule has 2 aliphatic rings. The largest absolute Gasteiger partial charge is 0.493 e. The van der Waals surface area contributed by atoms with E-state index in [1.807, 2.05) is 20.8 Å². The van der Waals surface area contributed by atoms with Crippen LogP contribution in [0, 0.1) is 5.92 Å². The second-order valence-corrected chi connectivity index (χ2v) is 9.57. The fraction of sp³-hybridized carbons (Fsp3) is 0.739. The van der Waals surface area contributed by atoms with Crippen LogP contribution in [0.4, 0.5) is 0 Å². The molecule has 0 saturated carbocycles. The minimum absolute atomic E-state index is 0.140. The van der Waals surface area contributed by atoms with Crippen LogP contribution in [-0.4, -0.2) is 54.6 Å². The highest BCUT2D eigenvalue weighted by Crippen LogP contribution is 2.42. The van der Waals surface area contributed by atoms with Gasteiger partial charge in [0.2, 0.25) is 0 Å². The van der Waals surface area contributed by atoms with Crippen molar-refractivity contribution < 1.29 is 19.3 Å². The molecule has 5 nitrogen and oxygen atoms in total. The highest BCUT2D eigenvalue weighted by Gasteiger charge is 2.40. The summed E-state index contributed by atoms with van der Waals surface area (Å²) in [6.07, 6.45) is 2.09. The van der Waals surface area contributed by atoms with Gasteiger partial charge in [-0.05, 0) is 69.2 Å². The van der Waals surface area contributed by atoms with Crippen molar-refractivity contribution in [2.45, 2.75) is 77.7 Å². The van der Waals surface area contributed by atoms with Crippen molar-refractivity contribution in [2.24, 2.45) is 5.92 Å². The Labute approximate surface area is 170 Å². The van der Waals surface area contributed by atoms with Crippen LogP contribution in [0.25, 0.3) is 0 Å². The molecule has 2 heterocycles. The first-order valence-corrected chi connectivity index (χ1v) is 10.6. The molecule has 158 valence electrons. The summed E-state index contributed by atoms with van der Waals surface area (Å²) >= 11 is 0. The van der Waals surface area contributed by atoms with Gasteiger partial charge in [-0.25, -0.2) is 0 Å². The molecule has 0 spiro atoms. The lowest BCUT2D eigenvalue weighted by Gasteiger charge is -2.46. The van der Waals surface area contributed by atoms with E-state index in [9.17, 15) is 5.11 Å². The predicted molar refractivity (Wildman–Crippen MR) is 111 cm³/mol. The van der Waals surface area contributed by atoms with E-state index in [4.69, 9.17) is 14.2 Å². The van der Waals surface area contributed by atoms with E-state index in [-0.39, 0.29) is 17.7 Å². The van der Waals surface area contributed by atoms with E-state index >= 15 is 0 Å². The first-order valence-electron chi connectivity index (χ1n) is 10.6.